The van der Waals surface area contributed by atoms with Crippen LogP contribution in [0.15, 0.2) is 122 Å². The van der Waals surface area contributed by atoms with Gasteiger partial charge in [-0.3, -0.25) is 4.57 Å². The molecule has 0 unspecified atom stereocenters. The molecule has 0 spiro atoms. The molecule has 0 saturated carbocycles. The Kier molecular flexibility index (Phi) is 8.13. The van der Waals surface area contributed by atoms with E-state index in [0.717, 1.165) is 56.6 Å². The number of aromatic nitrogens is 3. The highest BCUT2D eigenvalue weighted by Gasteiger charge is 2.32. The second kappa shape index (κ2) is 12.5. The van der Waals surface area contributed by atoms with Crippen LogP contribution in [0, 0.1) is 0 Å². The lowest BCUT2D eigenvalue weighted by atomic mass is 9.86. The number of pyridine rings is 2. The summed E-state index contributed by atoms with van der Waals surface area (Å²) in [5.41, 5.74) is 9.23. The highest BCUT2D eigenvalue weighted by Crippen LogP contribution is 2.46. The molecule has 0 fully saturated rings. The van der Waals surface area contributed by atoms with Crippen molar-refractivity contribution in [2.24, 2.45) is 0 Å². The standard InChI is InChI=1S/C47H49N5O/c1-45(2,3)31-14-12-15-34(24-31)50-30-51(44-42(50)25-33(29-49-44)47(7,8)9)35-16-13-17-36(27-35)53-37-20-21-39-38-18-10-11-19-40(38)52(41(39)28-37)43-26-32(22-23-48-43)46(4,5)6/h10-29H,30H2,1-9H3. The van der Waals surface area contributed by atoms with Gasteiger partial charge in [-0.05, 0) is 93.6 Å². The number of nitrogens with zero attached hydrogens (tertiary/aromatic N) is 5. The van der Waals surface area contributed by atoms with Crippen molar-refractivity contribution in [3.8, 4) is 17.3 Å². The summed E-state index contributed by atoms with van der Waals surface area (Å²) >= 11 is 0. The SMILES string of the molecule is CC(C)(C)c1cccc(N2CN(c3cccc(Oc4ccc5c6ccccc6n(-c6cc(C(C)(C)C)ccn6)c5c4)c3)c3ncc(C(C)(C)C)cc32)c1. The van der Waals surface area contributed by atoms with Crippen LogP contribution in [0.25, 0.3) is 27.6 Å². The highest BCUT2D eigenvalue weighted by atomic mass is 16.5. The molecule has 0 N–H and O–H groups in total. The lowest BCUT2D eigenvalue weighted by Crippen LogP contribution is -2.24. The summed E-state index contributed by atoms with van der Waals surface area (Å²) in [5, 5.41) is 2.35. The fourth-order valence-corrected chi connectivity index (χ4v) is 7.23. The maximum absolute atomic E-state index is 6.67. The Morgan fingerprint density at radius 2 is 1.19 bits per heavy atom. The van der Waals surface area contributed by atoms with Gasteiger partial charge in [0, 0.05) is 46.7 Å². The molecule has 4 aromatic carbocycles. The Hall–Kier alpha value is -5.62. The maximum atomic E-state index is 6.67. The monoisotopic (exact) mass is 699 g/mol. The molecule has 0 radical (unpaired) electrons. The van der Waals surface area contributed by atoms with Crippen LogP contribution in [0.1, 0.15) is 79.0 Å². The van der Waals surface area contributed by atoms with Gasteiger partial charge >= 0.3 is 0 Å². The third kappa shape index (κ3) is 6.41. The van der Waals surface area contributed by atoms with Gasteiger partial charge in [-0.2, -0.15) is 0 Å². The summed E-state index contributed by atoms with van der Waals surface area (Å²) in [4.78, 5) is 14.6. The number of para-hydroxylation sites is 1. The van der Waals surface area contributed by atoms with Gasteiger partial charge in [0.25, 0.3) is 0 Å². The summed E-state index contributed by atoms with van der Waals surface area (Å²) in [5.74, 6) is 3.36. The zero-order valence-corrected chi connectivity index (χ0v) is 32.4. The third-order valence-electron chi connectivity index (χ3n) is 10.4. The van der Waals surface area contributed by atoms with Crippen LogP contribution in [0.2, 0.25) is 0 Å². The number of ether oxygens (including phenoxy) is 1. The van der Waals surface area contributed by atoms with E-state index in [1.54, 1.807) is 0 Å². The quantitative estimate of drug-likeness (QED) is 0.179. The zero-order chi connectivity index (χ0) is 37.3. The van der Waals surface area contributed by atoms with Crippen LogP contribution >= 0.6 is 0 Å². The van der Waals surface area contributed by atoms with Crippen LogP contribution < -0.4 is 14.5 Å². The highest BCUT2D eigenvalue weighted by molar-refractivity contribution is 6.09. The Morgan fingerprint density at radius 3 is 1.94 bits per heavy atom. The molecular formula is C47H49N5O. The minimum Gasteiger partial charge on any atom is -0.457 e. The van der Waals surface area contributed by atoms with Gasteiger partial charge in [-0.25, -0.2) is 9.97 Å². The normalized spacial score (nSPS) is 13.6. The van der Waals surface area contributed by atoms with Gasteiger partial charge in [-0.1, -0.05) is 98.7 Å². The first kappa shape index (κ1) is 34.5. The fourth-order valence-electron chi connectivity index (χ4n) is 7.23. The van der Waals surface area contributed by atoms with Crippen molar-refractivity contribution in [1.29, 1.82) is 0 Å². The second-order valence-electron chi connectivity index (χ2n) is 17.4. The molecule has 0 bridgehead atoms. The fraction of sp³-hybridized carbons (Fsp3) is 0.277. The van der Waals surface area contributed by atoms with Gasteiger partial charge in [0.05, 0.1) is 16.7 Å². The predicted molar refractivity (Wildman–Crippen MR) is 221 cm³/mol. The number of hydrogen-bond donors (Lipinski definition) is 0. The average molecular weight is 700 g/mol. The van der Waals surface area contributed by atoms with E-state index >= 15 is 0 Å². The van der Waals surface area contributed by atoms with Gasteiger partial charge in [0.15, 0.2) is 5.82 Å². The number of anilines is 4. The van der Waals surface area contributed by atoms with Crippen molar-refractivity contribution in [2.45, 2.75) is 78.6 Å². The van der Waals surface area contributed by atoms with Crippen LogP contribution in [0.3, 0.4) is 0 Å². The zero-order valence-electron chi connectivity index (χ0n) is 32.4. The average Bonchev–Trinajstić information content (AvgIpc) is 3.66. The van der Waals surface area contributed by atoms with Crippen LogP contribution in [0.4, 0.5) is 22.9 Å². The molecule has 4 heterocycles. The molecule has 6 nitrogen and oxygen atoms in total. The van der Waals surface area contributed by atoms with E-state index in [-0.39, 0.29) is 16.2 Å². The molecule has 0 aliphatic carbocycles. The van der Waals surface area contributed by atoms with Crippen LogP contribution in [-0.2, 0) is 16.2 Å². The van der Waals surface area contributed by atoms with Gasteiger partial charge in [0.2, 0.25) is 0 Å². The Balaban J connectivity index is 1.17. The molecule has 268 valence electrons. The molecule has 1 aliphatic rings. The van der Waals surface area contributed by atoms with Crippen molar-refractivity contribution >= 4 is 44.7 Å². The predicted octanol–water partition coefficient (Wildman–Crippen LogP) is 12.5. The molecule has 1 aliphatic heterocycles. The van der Waals surface area contributed by atoms with E-state index in [0.29, 0.717) is 6.67 Å². The van der Waals surface area contributed by atoms with Gasteiger partial charge in [0.1, 0.15) is 24.0 Å². The summed E-state index contributed by atoms with van der Waals surface area (Å²) in [6.07, 6.45) is 3.95. The van der Waals surface area contributed by atoms with E-state index in [1.165, 1.54) is 22.1 Å². The van der Waals surface area contributed by atoms with E-state index < -0.39 is 0 Å². The topological polar surface area (TPSA) is 46.4 Å². The Bertz CT molecular complexity index is 2490. The molecule has 7 aromatic rings. The maximum Gasteiger partial charge on any atom is 0.158 e. The van der Waals surface area contributed by atoms with Crippen molar-refractivity contribution in [1.82, 2.24) is 14.5 Å². The molecule has 0 amide bonds. The lowest BCUT2D eigenvalue weighted by molar-refractivity contribution is 0.483. The summed E-state index contributed by atoms with van der Waals surface area (Å²) in [7, 11) is 0. The summed E-state index contributed by atoms with van der Waals surface area (Å²) < 4.78 is 8.93. The summed E-state index contributed by atoms with van der Waals surface area (Å²) in [6, 6.07) is 38.8. The number of hydrogen-bond acceptors (Lipinski definition) is 5. The minimum absolute atomic E-state index is 0.00346. The van der Waals surface area contributed by atoms with Crippen LogP contribution in [-0.4, -0.2) is 21.2 Å². The van der Waals surface area contributed by atoms with Crippen molar-refractivity contribution in [3.05, 3.63) is 138 Å². The number of fused-ring (bicyclic) bond motifs is 4. The van der Waals surface area contributed by atoms with Crippen molar-refractivity contribution < 1.29 is 4.74 Å². The smallest absolute Gasteiger partial charge is 0.158 e. The number of rotatable bonds is 5. The first-order chi connectivity index (χ1) is 25.1. The third-order valence-corrected chi connectivity index (χ3v) is 10.4. The molecule has 6 heteroatoms. The van der Waals surface area contributed by atoms with Crippen molar-refractivity contribution in [3.63, 3.8) is 0 Å². The second-order valence-corrected chi connectivity index (χ2v) is 17.4. The van der Waals surface area contributed by atoms with Gasteiger partial charge in [-0.15, -0.1) is 0 Å². The molecule has 8 rings (SSSR count). The molecule has 53 heavy (non-hydrogen) atoms. The Morgan fingerprint density at radius 1 is 0.528 bits per heavy atom. The first-order valence-electron chi connectivity index (χ1n) is 18.6. The van der Waals surface area contributed by atoms with E-state index in [9.17, 15) is 0 Å². The Labute approximate surface area is 313 Å². The largest absolute Gasteiger partial charge is 0.457 e. The van der Waals surface area contributed by atoms with Crippen LogP contribution in [0.5, 0.6) is 11.5 Å². The molecule has 3 aromatic heterocycles. The lowest BCUT2D eigenvalue weighted by Gasteiger charge is -2.25. The summed E-state index contributed by atoms with van der Waals surface area (Å²) in [6.45, 7) is 20.9. The number of benzene rings is 4. The molecule has 0 saturated heterocycles. The van der Waals surface area contributed by atoms with E-state index in [2.05, 4.69) is 180 Å². The molecule has 0 atom stereocenters. The van der Waals surface area contributed by atoms with E-state index in [1.807, 2.05) is 18.5 Å². The minimum atomic E-state index is -0.0274. The van der Waals surface area contributed by atoms with Crippen molar-refractivity contribution in [2.75, 3.05) is 16.5 Å². The molecular weight excluding hydrogens is 651 g/mol. The first-order valence-corrected chi connectivity index (χ1v) is 18.6. The van der Waals surface area contributed by atoms with E-state index in [4.69, 9.17) is 14.7 Å². The van der Waals surface area contributed by atoms with Gasteiger partial charge < -0.3 is 14.5 Å².